The molecule has 202 valence electrons. The van der Waals surface area contributed by atoms with E-state index in [9.17, 15) is 18.4 Å². The zero-order chi connectivity index (χ0) is 26.0. The fourth-order valence-corrected chi connectivity index (χ4v) is 6.76. The minimum Gasteiger partial charge on any atom is -0.467 e. The zero-order valence-corrected chi connectivity index (χ0v) is 21.4. The van der Waals surface area contributed by atoms with Gasteiger partial charge in [-0.15, -0.1) is 0 Å². The van der Waals surface area contributed by atoms with Gasteiger partial charge >= 0.3 is 0 Å². The summed E-state index contributed by atoms with van der Waals surface area (Å²) in [5.74, 6) is -2.95. The number of amides is 2. The molecule has 9 heteroatoms. The molecule has 1 aromatic carbocycles. The van der Waals surface area contributed by atoms with Gasteiger partial charge in [0.25, 0.3) is 0 Å². The molecule has 0 unspecified atom stereocenters. The molecule has 3 fully saturated rings. The number of carbonyl (C=O) groups is 2. The van der Waals surface area contributed by atoms with Gasteiger partial charge < -0.3 is 25.0 Å². The number of nitrogens with zero attached hydrogens (tertiary/aromatic N) is 1. The van der Waals surface area contributed by atoms with Crippen LogP contribution in [0.2, 0.25) is 0 Å². The van der Waals surface area contributed by atoms with Gasteiger partial charge in [-0.3, -0.25) is 9.59 Å². The number of rotatable bonds is 12. The van der Waals surface area contributed by atoms with Crippen molar-refractivity contribution in [3.63, 3.8) is 0 Å². The molecule has 4 atom stereocenters. The van der Waals surface area contributed by atoms with Crippen molar-refractivity contribution < 1.29 is 27.8 Å². The van der Waals surface area contributed by atoms with Crippen LogP contribution in [0.4, 0.5) is 8.78 Å². The number of ether oxygens (including phenoxy) is 2. The van der Waals surface area contributed by atoms with Crippen LogP contribution in [0.3, 0.4) is 0 Å². The fourth-order valence-electron chi connectivity index (χ4n) is 6.76. The molecular weight excluding hydrogens is 480 g/mol. The highest BCUT2D eigenvalue weighted by Gasteiger charge is 2.69. The summed E-state index contributed by atoms with van der Waals surface area (Å²) in [7, 11) is 1.41. The molecule has 5 rings (SSSR count). The summed E-state index contributed by atoms with van der Waals surface area (Å²) >= 11 is 0. The summed E-state index contributed by atoms with van der Waals surface area (Å²) in [6.45, 7) is 3.57. The van der Waals surface area contributed by atoms with Crippen LogP contribution < -0.4 is 15.4 Å². The average molecular weight is 518 g/mol. The quantitative estimate of drug-likeness (QED) is 0.253. The molecule has 1 spiro atoms. The van der Waals surface area contributed by atoms with Crippen molar-refractivity contribution in [2.45, 2.75) is 45.1 Å². The third-order valence-electron chi connectivity index (χ3n) is 8.74. The first-order valence-corrected chi connectivity index (χ1v) is 13.5. The van der Waals surface area contributed by atoms with Crippen LogP contribution >= 0.6 is 0 Å². The van der Waals surface area contributed by atoms with E-state index in [0.29, 0.717) is 6.54 Å². The lowest BCUT2D eigenvalue weighted by molar-refractivity contribution is -0.135. The maximum atomic E-state index is 14.6. The summed E-state index contributed by atoms with van der Waals surface area (Å²) < 4.78 is 39.0. The fraction of sp³-hybridized carbons (Fsp3) is 0.643. The highest BCUT2D eigenvalue weighted by molar-refractivity contribution is 5.90. The topological polar surface area (TPSA) is 79.9 Å². The molecule has 3 aliphatic carbocycles. The Morgan fingerprint density at radius 1 is 1.00 bits per heavy atom. The molecule has 0 radical (unpaired) electrons. The van der Waals surface area contributed by atoms with Crippen molar-refractivity contribution in [3.8, 4) is 5.75 Å². The SMILES string of the molecule is COCOc1cc(F)c(CNC(=O)[C@H]2[C@H](C(=O)NCCCCN3CCCC3)[C@H]3C=C[C@@H]2C32CC2)c(F)c1. The van der Waals surface area contributed by atoms with E-state index >= 15 is 0 Å². The van der Waals surface area contributed by atoms with Crippen molar-refractivity contribution in [2.75, 3.05) is 40.1 Å². The molecule has 7 nitrogen and oxygen atoms in total. The highest BCUT2D eigenvalue weighted by Crippen LogP contribution is 2.72. The van der Waals surface area contributed by atoms with Crippen LogP contribution in [0.15, 0.2) is 24.3 Å². The Balaban J connectivity index is 1.19. The van der Waals surface area contributed by atoms with E-state index in [4.69, 9.17) is 9.47 Å². The zero-order valence-electron chi connectivity index (χ0n) is 21.4. The average Bonchev–Trinajstić information content (AvgIpc) is 3.23. The Hall–Kier alpha value is -2.52. The van der Waals surface area contributed by atoms with Crippen molar-refractivity contribution in [1.29, 1.82) is 0 Å². The van der Waals surface area contributed by atoms with E-state index in [1.807, 2.05) is 0 Å². The Morgan fingerprint density at radius 3 is 2.22 bits per heavy atom. The molecule has 4 aliphatic rings. The lowest BCUT2D eigenvalue weighted by atomic mass is 9.81. The number of methoxy groups -OCH3 is 1. The van der Waals surface area contributed by atoms with Crippen LogP contribution in [0.5, 0.6) is 5.75 Å². The summed E-state index contributed by atoms with van der Waals surface area (Å²) in [6.07, 6.45) is 10.7. The predicted molar refractivity (Wildman–Crippen MR) is 133 cm³/mol. The number of halogens is 2. The van der Waals surface area contributed by atoms with Crippen LogP contribution in [-0.2, 0) is 20.9 Å². The van der Waals surface area contributed by atoms with E-state index in [-0.39, 0.29) is 53.7 Å². The standard InChI is InChI=1S/C28H37F2N3O4/c1-36-17-37-18-14-22(29)19(23(30)15-18)16-32-27(35)25-21-7-6-20(28(21)8-9-28)24(25)26(34)31-10-2-3-11-33-12-4-5-13-33/h6-7,14-15,20-21,24-25H,2-5,8-13,16-17H2,1H3,(H,31,34)(H,32,35)/t20-,21+,24-,25-/m1/s1. The van der Waals surface area contributed by atoms with E-state index in [2.05, 4.69) is 27.7 Å². The van der Waals surface area contributed by atoms with Gasteiger partial charge in [0.1, 0.15) is 17.4 Å². The normalized spacial score (nSPS) is 27.1. The first kappa shape index (κ1) is 26.1. The van der Waals surface area contributed by atoms with Gasteiger partial charge in [-0.2, -0.15) is 0 Å². The molecule has 1 aliphatic heterocycles. The minimum absolute atomic E-state index is 0.00337. The number of likely N-dealkylation sites (tertiary alicyclic amines) is 1. The lowest BCUT2D eigenvalue weighted by Crippen LogP contribution is -2.44. The second-order valence-corrected chi connectivity index (χ2v) is 10.9. The monoisotopic (exact) mass is 517 g/mol. The van der Waals surface area contributed by atoms with Gasteiger partial charge in [-0.05, 0) is 75.4 Å². The van der Waals surface area contributed by atoms with Crippen molar-refractivity contribution in [3.05, 3.63) is 41.5 Å². The summed E-state index contributed by atoms with van der Waals surface area (Å²) in [5.41, 5.74) is -0.242. The molecule has 2 amide bonds. The van der Waals surface area contributed by atoms with Gasteiger partial charge in [-0.25, -0.2) is 8.78 Å². The van der Waals surface area contributed by atoms with Crippen LogP contribution in [0, 0.1) is 40.7 Å². The third-order valence-corrected chi connectivity index (χ3v) is 8.74. The van der Waals surface area contributed by atoms with Crippen LogP contribution in [-0.4, -0.2) is 56.8 Å². The van der Waals surface area contributed by atoms with Crippen LogP contribution in [0.25, 0.3) is 0 Å². The summed E-state index contributed by atoms with van der Waals surface area (Å²) in [5, 5.41) is 5.81. The maximum absolute atomic E-state index is 14.6. The first-order valence-electron chi connectivity index (χ1n) is 13.5. The lowest BCUT2D eigenvalue weighted by Gasteiger charge is -2.26. The predicted octanol–water partition coefficient (Wildman–Crippen LogP) is 3.38. The second kappa shape index (κ2) is 11.1. The number of benzene rings is 1. The minimum atomic E-state index is -0.805. The molecule has 37 heavy (non-hydrogen) atoms. The number of allylic oxidation sites excluding steroid dienone is 2. The Labute approximate surface area is 216 Å². The largest absolute Gasteiger partial charge is 0.467 e. The molecule has 2 N–H and O–H groups in total. The maximum Gasteiger partial charge on any atom is 0.224 e. The van der Waals surface area contributed by atoms with Crippen molar-refractivity contribution in [2.24, 2.45) is 29.1 Å². The number of nitrogens with one attached hydrogen (secondary N) is 2. The first-order chi connectivity index (χ1) is 17.9. The summed E-state index contributed by atoms with van der Waals surface area (Å²) in [6, 6.07) is 2.14. The Bertz CT molecular complexity index is 1020. The number of unbranched alkanes of at least 4 members (excludes halogenated alkanes) is 1. The molecule has 1 heterocycles. The number of hydrogen-bond acceptors (Lipinski definition) is 5. The third kappa shape index (κ3) is 5.25. The molecule has 1 aromatic rings. The molecule has 1 saturated heterocycles. The molecular formula is C28H37F2N3O4. The second-order valence-electron chi connectivity index (χ2n) is 10.9. The number of carbonyl (C=O) groups excluding carboxylic acids is 2. The van der Waals surface area contributed by atoms with Crippen molar-refractivity contribution >= 4 is 11.8 Å². The van der Waals surface area contributed by atoms with E-state index in [1.54, 1.807) is 0 Å². The van der Waals surface area contributed by atoms with E-state index in [0.717, 1.165) is 44.4 Å². The number of hydrogen-bond donors (Lipinski definition) is 2. The van der Waals surface area contributed by atoms with Gasteiger partial charge in [0.15, 0.2) is 6.79 Å². The van der Waals surface area contributed by atoms with Crippen molar-refractivity contribution in [1.82, 2.24) is 15.5 Å². The Kier molecular flexibility index (Phi) is 7.81. The Morgan fingerprint density at radius 2 is 1.62 bits per heavy atom. The smallest absolute Gasteiger partial charge is 0.224 e. The molecule has 0 aromatic heterocycles. The summed E-state index contributed by atoms with van der Waals surface area (Å²) in [4.78, 5) is 29.2. The van der Waals surface area contributed by atoms with Gasteiger partial charge in [0, 0.05) is 37.9 Å². The molecule has 2 bridgehead atoms. The van der Waals surface area contributed by atoms with E-state index < -0.39 is 23.5 Å². The van der Waals surface area contributed by atoms with Gasteiger partial charge in [0.05, 0.1) is 11.8 Å². The molecule has 2 saturated carbocycles. The van der Waals surface area contributed by atoms with Gasteiger partial charge in [0.2, 0.25) is 11.8 Å². The highest BCUT2D eigenvalue weighted by atomic mass is 19.1. The van der Waals surface area contributed by atoms with E-state index in [1.165, 1.54) is 33.0 Å². The van der Waals surface area contributed by atoms with Gasteiger partial charge in [-0.1, -0.05) is 12.2 Å². The van der Waals surface area contributed by atoms with Crippen LogP contribution in [0.1, 0.15) is 44.1 Å².